The van der Waals surface area contributed by atoms with E-state index in [0.717, 1.165) is 5.01 Å². The Morgan fingerprint density at radius 3 is 2.37 bits per heavy atom. The first-order valence-corrected chi connectivity index (χ1v) is 21.6. The van der Waals surface area contributed by atoms with Crippen LogP contribution in [0.1, 0.15) is 92.0 Å². The lowest BCUT2D eigenvalue weighted by Gasteiger charge is -2.47. The molecule has 0 radical (unpaired) electrons. The summed E-state index contributed by atoms with van der Waals surface area (Å²) < 4.78 is 46.3. The Bertz CT molecular complexity index is 1960. The molecule has 3 fully saturated rings. The molecule has 3 aliphatic rings. The fourth-order valence-corrected chi connectivity index (χ4v) is 9.64. The Hall–Kier alpha value is -4.47. The van der Waals surface area contributed by atoms with E-state index >= 15 is 0 Å². The number of aliphatic hydroxyl groups is 1. The number of nitrogens with two attached hydrogens (primary N) is 1. The van der Waals surface area contributed by atoms with Crippen molar-refractivity contribution in [2.45, 2.75) is 148 Å². The number of cyclic esters (lactones) is 1. The van der Waals surface area contributed by atoms with Crippen LogP contribution >= 0.6 is 0 Å². The van der Waals surface area contributed by atoms with E-state index in [1.807, 2.05) is 18.9 Å². The number of nitro benzene ring substituents is 1. The number of nitrogens with zero attached hydrogens (tertiary/aromatic N) is 6. The van der Waals surface area contributed by atoms with Crippen molar-refractivity contribution in [3.05, 3.63) is 51.8 Å². The molecule has 14 atom stereocenters. The largest absolute Gasteiger partial charge is 0.458 e. The number of fused-ring (bicyclic) bond motifs is 1. The molecule has 0 aliphatic carbocycles. The van der Waals surface area contributed by atoms with Crippen LogP contribution in [0.3, 0.4) is 0 Å². The van der Waals surface area contributed by atoms with Crippen LogP contribution in [-0.2, 0) is 50.9 Å². The van der Waals surface area contributed by atoms with Crippen LogP contribution < -0.4 is 5.84 Å². The lowest BCUT2D eigenvalue weighted by molar-refractivity contribution is -0.384. The van der Waals surface area contributed by atoms with Crippen molar-refractivity contribution in [2.24, 2.45) is 29.5 Å². The number of non-ortho nitro benzene ring substituents is 1. The molecule has 0 bridgehead atoms. The van der Waals surface area contributed by atoms with Crippen LogP contribution in [0.2, 0.25) is 0 Å². The summed E-state index contributed by atoms with van der Waals surface area (Å²) in [6.45, 7) is 12.9. The third-order valence-corrected chi connectivity index (χ3v) is 13.5. The molecular weight excluding hydrogens is 826 g/mol. The third kappa shape index (κ3) is 10.4. The number of rotatable bonds is 13. The average molecular weight is 890 g/mol. The van der Waals surface area contributed by atoms with Crippen molar-refractivity contribution < 1.29 is 57.3 Å². The molecule has 4 heterocycles. The predicted octanol–water partition coefficient (Wildman–Crippen LogP) is 3.93. The van der Waals surface area contributed by atoms with Gasteiger partial charge in [0.1, 0.15) is 36.6 Å². The number of hydrogen-bond acceptors (Lipinski definition) is 16. The number of benzene rings is 1. The minimum Gasteiger partial charge on any atom is -0.458 e. The normalized spacial score (nSPS) is 35.2. The number of Topliss-reactive ketones (excluding diaryl/α,β-unsaturated/α-hetero) is 2. The lowest BCUT2D eigenvalue weighted by Crippen LogP contribution is -2.61. The number of amides is 1. The number of hydrazine groups is 1. The molecule has 63 heavy (non-hydrogen) atoms. The highest BCUT2D eigenvalue weighted by Gasteiger charge is 2.60. The molecule has 3 N–H and O–H groups in total. The second kappa shape index (κ2) is 20.1. The number of halogens is 1. The first-order chi connectivity index (χ1) is 29.6. The Balaban J connectivity index is 1.35. The van der Waals surface area contributed by atoms with Gasteiger partial charge in [-0.3, -0.25) is 24.5 Å². The van der Waals surface area contributed by atoms with Gasteiger partial charge in [0.25, 0.3) is 5.69 Å². The molecule has 3 aliphatic heterocycles. The van der Waals surface area contributed by atoms with Gasteiger partial charge in [0, 0.05) is 62.2 Å². The van der Waals surface area contributed by atoms with Gasteiger partial charge in [0.05, 0.1) is 34.5 Å². The molecule has 5 rings (SSSR count). The number of carbonyl (C=O) groups excluding carboxylic acids is 4. The molecule has 20 heteroatoms. The Labute approximate surface area is 367 Å². The van der Waals surface area contributed by atoms with E-state index in [9.17, 15) is 38.8 Å². The number of aromatic nitrogens is 3. The van der Waals surface area contributed by atoms with Crippen molar-refractivity contribution in [1.82, 2.24) is 24.9 Å². The molecule has 1 aromatic heterocycles. The monoisotopic (exact) mass is 889 g/mol. The molecule has 350 valence electrons. The van der Waals surface area contributed by atoms with Gasteiger partial charge in [0.15, 0.2) is 17.7 Å². The summed E-state index contributed by atoms with van der Waals surface area (Å²) in [5.74, 6) is 0.585. The van der Waals surface area contributed by atoms with Gasteiger partial charge in [-0.1, -0.05) is 45.0 Å². The topological polar surface area (TPSA) is 241 Å². The van der Waals surface area contributed by atoms with Crippen LogP contribution in [0.4, 0.5) is 14.9 Å². The van der Waals surface area contributed by atoms with Crippen LogP contribution in [-0.4, -0.2) is 140 Å². The van der Waals surface area contributed by atoms with Gasteiger partial charge in [-0.2, -0.15) is 0 Å². The molecular formula is C43H64FN7O12. The van der Waals surface area contributed by atoms with Gasteiger partial charge in [-0.15, -0.1) is 5.10 Å². The van der Waals surface area contributed by atoms with Gasteiger partial charge in [-0.25, -0.2) is 24.7 Å². The zero-order valence-electron chi connectivity index (χ0n) is 37.8. The summed E-state index contributed by atoms with van der Waals surface area (Å²) >= 11 is 0. The fourth-order valence-electron chi connectivity index (χ4n) is 9.64. The minimum atomic E-state index is -1.51. The number of alkyl halides is 1. The summed E-state index contributed by atoms with van der Waals surface area (Å²) in [5, 5.41) is 32.2. The zero-order valence-corrected chi connectivity index (χ0v) is 37.8. The lowest BCUT2D eigenvalue weighted by atomic mass is 9.73. The Kier molecular flexibility index (Phi) is 15.8. The fraction of sp³-hybridized carbons (Fsp3) is 0.721. The van der Waals surface area contributed by atoms with Crippen LogP contribution in [0.5, 0.6) is 0 Å². The van der Waals surface area contributed by atoms with E-state index < -0.39 is 113 Å². The maximum Gasteiger partial charge on any atom is 0.425 e. The van der Waals surface area contributed by atoms with E-state index in [0.29, 0.717) is 30.6 Å². The molecule has 0 unspecified atom stereocenters. The number of methoxy groups -OCH3 is 1. The van der Waals surface area contributed by atoms with E-state index in [-0.39, 0.29) is 30.7 Å². The van der Waals surface area contributed by atoms with Gasteiger partial charge in [-0.05, 0) is 66.0 Å². The Morgan fingerprint density at radius 2 is 1.76 bits per heavy atom. The van der Waals surface area contributed by atoms with Crippen molar-refractivity contribution in [2.75, 3.05) is 27.4 Å². The van der Waals surface area contributed by atoms with Crippen molar-refractivity contribution in [1.29, 1.82) is 0 Å². The summed E-state index contributed by atoms with van der Waals surface area (Å²) in [7, 11) is 3.27. The summed E-state index contributed by atoms with van der Waals surface area (Å²) in [5.41, 5.74) is -1.64. The number of hydrogen-bond donors (Lipinski definition) is 2. The maximum atomic E-state index is 14.3. The van der Waals surface area contributed by atoms with Gasteiger partial charge < -0.3 is 33.7 Å². The number of likely N-dealkylation sites (N-methyl/N-ethyl adjacent to an activating group) is 1. The first-order valence-electron chi connectivity index (χ1n) is 21.6. The molecule has 3 saturated heterocycles. The third-order valence-electron chi connectivity index (χ3n) is 13.5. The smallest absolute Gasteiger partial charge is 0.425 e. The van der Waals surface area contributed by atoms with Crippen molar-refractivity contribution >= 4 is 29.3 Å². The van der Waals surface area contributed by atoms with E-state index in [1.54, 1.807) is 59.9 Å². The standard InChI is InChI=1S/C43H64FN7O12/c1-11-33-43(8)37(50(45)41(56)63-43)25(4)34(52)23(2)20-42(7,59-10)38(26(5)35(53)27(6)39(55)61-33)62-40-36(54)32(18-24(3)60-40)48(9)17-16-29-22-49(47-46-29)31(21-44)19-28-12-14-30(15-13-28)51(57)58/h12-15,22-27,31-33,36-38,40,54H,11,16-21,45H2,1-10H3/t23-,24-,25+,26+,27-,31+,32+,33-,36-,37+,38-,40+,42-,43-/m1/s1. The Morgan fingerprint density at radius 1 is 1.10 bits per heavy atom. The minimum absolute atomic E-state index is 0.0350. The highest BCUT2D eigenvalue weighted by molar-refractivity contribution is 6.00. The molecule has 1 amide bonds. The predicted molar refractivity (Wildman–Crippen MR) is 223 cm³/mol. The number of ether oxygens (including phenoxy) is 5. The SMILES string of the molecule is CC[C@H]1OC(=O)[C@H](C)C(=O)[C@H](C)[C@@H](O[C@@H]2O[C@H](C)C[C@H](N(C)CCc3cn([C@H](CF)Cc4ccc([N+](=O)[O-])cc4)nn3)[C@H]2O)[C@](C)(OC)C[C@@H](C)C(=O)[C@H](C)[C@@H]2N(N)C(=O)O[C@@]21C. The second-order valence-corrected chi connectivity index (χ2v) is 18.0. The van der Waals surface area contributed by atoms with Gasteiger partial charge >= 0.3 is 12.1 Å². The molecule has 0 saturated carbocycles. The number of nitro groups is 1. The van der Waals surface area contributed by atoms with Crippen LogP contribution in [0, 0.1) is 33.8 Å². The van der Waals surface area contributed by atoms with Gasteiger partial charge in [0.2, 0.25) is 0 Å². The number of aliphatic hydroxyl groups excluding tert-OH is 1. The van der Waals surface area contributed by atoms with Crippen molar-refractivity contribution in [3.63, 3.8) is 0 Å². The number of esters is 1. The van der Waals surface area contributed by atoms with E-state index in [2.05, 4.69) is 10.3 Å². The number of ketones is 2. The second-order valence-electron chi connectivity index (χ2n) is 18.0. The molecule has 2 aromatic rings. The highest BCUT2D eigenvalue weighted by Crippen LogP contribution is 2.42. The first kappa shape index (κ1) is 49.5. The zero-order chi connectivity index (χ0) is 46.7. The summed E-state index contributed by atoms with van der Waals surface area (Å²) in [6.07, 6.45) is -3.06. The summed E-state index contributed by atoms with van der Waals surface area (Å²) in [6, 6.07) is 3.73. The van der Waals surface area contributed by atoms with E-state index in [1.165, 1.54) is 30.8 Å². The highest BCUT2D eigenvalue weighted by atomic mass is 19.1. The maximum absolute atomic E-state index is 14.3. The van der Waals surface area contributed by atoms with Crippen LogP contribution in [0.25, 0.3) is 0 Å². The van der Waals surface area contributed by atoms with Crippen LogP contribution in [0.15, 0.2) is 30.5 Å². The molecule has 0 spiro atoms. The quantitative estimate of drug-likeness (QED) is 0.0723. The molecule has 19 nitrogen and oxygen atoms in total. The molecule has 1 aromatic carbocycles. The summed E-state index contributed by atoms with van der Waals surface area (Å²) in [4.78, 5) is 67.8. The average Bonchev–Trinajstić information content (AvgIpc) is 3.82. The number of carbonyl (C=O) groups is 4. The van der Waals surface area contributed by atoms with E-state index in [4.69, 9.17) is 29.5 Å². The van der Waals surface area contributed by atoms with Crippen molar-refractivity contribution in [3.8, 4) is 0 Å².